The number of rotatable bonds is 7. The highest BCUT2D eigenvalue weighted by atomic mass is 16.5. The molecule has 1 rings (SSSR count). The summed E-state index contributed by atoms with van der Waals surface area (Å²) in [6, 6.07) is 3.28. The maximum absolute atomic E-state index is 12.6. The third-order valence-electron chi connectivity index (χ3n) is 3.51. The maximum Gasteiger partial charge on any atom is 0.325 e. The van der Waals surface area contributed by atoms with Gasteiger partial charge in [0, 0.05) is 12.7 Å². The van der Waals surface area contributed by atoms with Crippen LogP contribution in [0.5, 0.6) is 0 Å². The molecule has 0 aliphatic heterocycles. The molecular formula is C15H23N3O3. The standard InChI is InChI=1S/C15H23N3O3/c1-4-11(5-2)9-18(10-13(19)21-3)15(20)14-12(16)7-6-8-17-14/h6-8,11H,4-5,9-10,16H2,1-3H3. The van der Waals surface area contributed by atoms with Crippen LogP contribution >= 0.6 is 0 Å². The van der Waals surface area contributed by atoms with Crippen molar-refractivity contribution in [1.29, 1.82) is 0 Å². The van der Waals surface area contributed by atoms with Gasteiger partial charge < -0.3 is 15.4 Å². The van der Waals surface area contributed by atoms with Crippen molar-refractivity contribution in [2.24, 2.45) is 5.92 Å². The Bertz CT molecular complexity index is 487. The van der Waals surface area contributed by atoms with E-state index in [4.69, 9.17) is 5.73 Å². The quantitative estimate of drug-likeness (QED) is 0.774. The fourth-order valence-corrected chi connectivity index (χ4v) is 2.04. The van der Waals surface area contributed by atoms with Gasteiger partial charge in [-0.15, -0.1) is 0 Å². The molecule has 1 aromatic heterocycles. The zero-order valence-electron chi connectivity index (χ0n) is 12.8. The number of aromatic nitrogens is 1. The number of methoxy groups -OCH3 is 1. The van der Waals surface area contributed by atoms with Gasteiger partial charge >= 0.3 is 5.97 Å². The molecule has 0 fully saturated rings. The molecule has 0 aromatic carbocycles. The smallest absolute Gasteiger partial charge is 0.325 e. The van der Waals surface area contributed by atoms with Crippen LogP contribution in [0.2, 0.25) is 0 Å². The molecule has 1 heterocycles. The van der Waals surface area contributed by atoms with E-state index in [1.54, 1.807) is 12.1 Å². The van der Waals surface area contributed by atoms with Crippen LogP contribution < -0.4 is 5.73 Å². The number of carbonyl (C=O) groups excluding carboxylic acids is 2. The molecule has 0 aliphatic carbocycles. The fraction of sp³-hybridized carbons (Fsp3) is 0.533. The molecule has 0 radical (unpaired) electrons. The van der Waals surface area contributed by atoms with Crippen LogP contribution in [-0.2, 0) is 9.53 Å². The molecule has 0 unspecified atom stereocenters. The number of pyridine rings is 1. The van der Waals surface area contributed by atoms with Crippen molar-refractivity contribution in [2.45, 2.75) is 26.7 Å². The molecule has 6 heteroatoms. The molecule has 0 spiro atoms. The van der Waals surface area contributed by atoms with Crippen molar-refractivity contribution < 1.29 is 14.3 Å². The highest BCUT2D eigenvalue weighted by Crippen LogP contribution is 2.15. The summed E-state index contributed by atoms with van der Waals surface area (Å²) in [4.78, 5) is 29.6. The van der Waals surface area contributed by atoms with Crippen molar-refractivity contribution >= 4 is 17.6 Å². The van der Waals surface area contributed by atoms with Gasteiger partial charge in [-0.1, -0.05) is 26.7 Å². The van der Waals surface area contributed by atoms with E-state index in [2.05, 4.69) is 23.6 Å². The van der Waals surface area contributed by atoms with Gasteiger partial charge in [-0.2, -0.15) is 0 Å². The van der Waals surface area contributed by atoms with E-state index in [1.807, 2.05) is 0 Å². The van der Waals surface area contributed by atoms with E-state index in [0.29, 0.717) is 18.2 Å². The molecule has 0 saturated carbocycles. The summed E-state index contributed by atoms with van der Waals surface area (Å²) in [7, 11) is 1.30. The Morgan fingerprint density at radius 2 is 2.05 bits per heavy atom. The maximum atomic E-state index is 12.6. The third kappa shape index (κ3) is 4.73. The van der Waals surface area contributed by atoms with Crippen LogP contribution in [0.25, 0.3) is 0 Å². The first kappa shape index (κ1) is 16.9. The second kappa shape index (κ2) is 8.24. The number of esters is 1. The Hall–Kier alpha value is -2.11. The lowest BCUT2D eigenvalue weighted by Gasteiger charge is -2.25. The summed E-state index contributed by atoms with van der Waals surface area (Å²) in [5.74, 6) is -0.474. The van der Waals surface area contributed by atoms with Gasteiger partial charge in [0.25, 0.3) is 5.91 Å². The molecule has 2 N–H and O–H groups in total. The summed E-state index contributed by atoms with van der Waals surface area (Å²) < 4.78 is 4.66. The number of amides is 1. The Balaban J connectivity index is 2.96. The van der Waals surface area contributed by atoms with Gasteiger partial charge in [0.05, 0.1) is 12.8 Å². The molecule has 21 heavy (non-hydrogen) atoms. The summed E-state index contributed by atoms with van der Waals surface area (Å²) in [6.07, 6.45) is 3.37. The number of nitrogens with zero attached hydrogens (tertiary/aromatic N) is 2. The van der Waals surface area contributed by atoms with Gasteiger partial charge in [-0.25, -0.2) is 4.98 Å². The van der Waals surface area contributed by atoms with Crippen molar-refractivity contribution in [3.05, 3.63) is 24.0 Å². The SMILES string of the molecule is CCC(CC)CN(CC(=O)OC)C(=O)c1ncccc1N. The largest absolute Gasteiger partial charge is 0.468 e. The molecule has 0 aliphatic rings. The fourth-order valence-electron chi connectivity index (χ4n) is 2.04. The van der Waals surface area contributed by atoms with Crippen LogP contribution in [0, 0.1) is 5.92 Å². The van der Waals surface area contributed by atoms with Crippen LogP contribution in [-0.4, -0.2) is 42.0 Å². The van der Waals surface area contributed by atoms with Crippen molar-refractivity contribution in [3.63, 3.8) is 0 Å². The highest BCUT2D eigenvalue weighted by molar-refractivity contribution is 5.98. The van der Waals surface area contributed by atoms with Crippen LogP contribution in [0.4, 0.5) is 5.69 Å². The number of carbonyl (C=O) groups is 2. The number of nitrogen functional groups attached to an aromatic ring is 1. The zero-order chi connectivity index (χ0) is 15.8. The molecule has 0 atom stereocenters. The predicted octanol–water partition coefficient (Wildman–Crippen LogP) is 1.72. The third-order valence-corrected chi connectivity index (χ3v) is 3.51. The first-order chi connectivity index (χ1) is 10.0. The Labute approximate surface area is 125 Å². The monoisotopic (exact) mass is 293 g/mol. The highest BCUT2D eigenvalue weighted by Gasteiger charge is 2.24. The minimum Gasteiger partial charge on any atom is -0.468 e. The van der Waals surface area contributed by atoms with Crippen LogP contribution in [0.15, 0.2) is 18.3 Å². The van der Waals surface area contributed by atoms with E-state index in [-0.39, 0.29) is 18.1 Å². The predicted molar refractivity (Wildman–Crippen MR) is 80.6 cm³/mol. The average Bonchev–Trinajstić information content (AvgIpc) is 2.50. The van der Waals surface area contributed by atoms with Gasteiger partial charge in [-0.05, 0) is 18.1 Å². The summed E-state index contributed by atoms with van der Waals surface area (Å²) in [6.45, 7) is 4.51. The molecule has 116 valence electrons. The van der Waals surface area contributed by atoms with Gasteiger partial charge in [0.15, 0.2) is 5.69 Å². The second-order valence-corrected chi connectivity index (χ2v) is 4.89. The van der Waals surface area contributed by atoms with Gasteiger partial charge in [0.1, 0.15) is 6.54 Å². The van der Waals surface area contributed by atoms with Crippen molar-refractivity contribution in [1.82, 2.24) is 9.88 Å². The van der Waals surface area contributed by atoms with Crippen molar-refractivity contribution in [3.8, 4) is 0 Å². The van der Waals surface area contributed by atoms with Gasteiger partial charge in [-0.3, -0.25) is 9.59 Å². The lowest BCUT2D eigenvalue weighted by atomic mass is 10.0. The van der Waals surface area contributed by atoms with E-state index < -0.39 is 5.97 Å². The zero-order valence-corrected chi connectivity index (χ0v) is 12.8. The summed E-state index contributed by atoms with van der Waals surface area (Å²) in [5.41, 5.74) is 6.27. The number of hydrogen-bond donors (Lipinski definition) is 1. The Morgan fingerprint density at radius 1 is 1.38 bits per heavy atom. The first-order valence-electron chi connectivity index (χ1n) is 7.10. The normalized spacial score (nSPS) is 10.5. The molecule has 0 bridgehead atoms. The Morgan fingerprint density at radius 3 is 2.57 bits per heavy atom. The molecule has 1 amide bonds. The molecular weight excluding hydrogens is 270 g/mol. The topological polar surface area (TPSA) is 85.5 Å². The summed E-state index contributed by atoms with van der Waals surface area (Å²) >= 11 is 0. The van der Waals surface area contributed by atoms with E-state index in [0.717, 1.165) is 12.8 Å². The lowest BCUT2D eigenvalue weighted by molar-refractivity contribution is -0.141. The Kier molecular flexibility index (Phi) is 6.65. The molecule has 1 aromatic rings. The first-order valence-corrected chi connectivity index (χ1v) is 7.10. The molecule has 0 saturated heterocycles. The number of hydrogen-bond acceptors (Lipinski definition) is 5. The summed E-state index contributed by atoms with van der Waals surface area (Å²) in [5, 5.41) is 0. The minimum absolute atomic E-state index is 0.0954. The van der Waals surface area contributed by atoms with Gasteiger partial charge in [0.2, 0.25) is 0 Å². The lowest BCUT2D eigenvalue weighted by Crippen LogP contribution is -2.40. The van der Waals surface area contributed by atoms with E-state index in [1.165, 1.54) is 18.2 Å². The van der Waals surface area contributed by atoms with E-state index in [9.17, 15) is 9.59 Å². The number of nitrogens with two attached hydrogens (primary N) is 1. The second-order valence-electron chi connectivity index (χ2n) is 4.89. The van der Waals surface area contributed by atoms with Crippen LogP contribution in [0.1, 0.15) is 37.2 Å². The number of anilines is 1. The minimum atomic E-state index is -0.455. The number of ether oxygens (including phenoxy) is 1. The molecule has 6 nitrogen and oxygen atoms in total. The van der Waals surface area contributed by atoms with Crippen molar-refractivity contribution in [2.75, 3.05) is 25.9 Å². The van der Waals surface area contributed by atoms with E-state index >= 15 is 0 Å². The average molecular weight is 293 g/mol. The van der Waals surface area contributed by atoms with Crippen LogP contribution in [0.3, 0.4) is 0 Å².